The molecule has 1 amide bonds. The second kappa shape index (κ2) is 19.9. The van der Waals surface area contributed by atoms with Crippen LogP contribution in [0.4, 0.5) is 11.4 Å². The van der Waals surface area contributed by atoms with Gasteiger partial charge in [-0.25, -0.2) is 0 Å². The molecule has 0 fully saturated rings. The number of rotatable bonds is 16. The van der Waals surface area contributed by atoms with Crippen molar-refractivity contribution >= 4 is 64.5 Å². The first-order chi connectivity index (χ1) is 27.8. The van der Waals surface area contributed by atoms with E-state index in [0.717, 1.165) is 45.0 Å². The van der Waals surface area contributed by atoms with Gasteiger partial charge in [-0.15, -0.1) is 0 Å². The average molecular weight is 827 g/mol. The Labute approximate surface area is 345 Å². The van der Waals surface area contributed by atoms with Gasteiger partial charge >= 0.3 is 23.9 Å². The highest BCUT2D eigenvalue weighted by Gasteiger charge is 2.63. The lowest BCUT2D eigenvalue weighted by molar-refractivity contribution is -0.193. The molecule has 0 aliphatic carbocycles. The first kappa shape index (κ1) is 43.1. The minimum Gasteiger partial charge on any atom is -0.462 e. The van der Waals surface area contributed by atoms with Crippen molar-refractivity contribution in [2.24, 2.45) is 16.1 Å². The van der Waals surface area contributed by atoms with Gasteiger partial charge in [0, 0.05) is 52.0 Å². The summed E-state index contributed by atoms with van der Waals surface area (Å²) in [7, 11) is 1.83. The van der Waals surface area contributed by atoms with Crippen molar-refractivity contribution < 1.29 is 42.9 Å². The van der Waals surface area contributed by atoms with Gasteiger partial charge < -0.3 is 29.2 Å². The van der Waals surface area contributed by atoms with E-state index in [1.807, 2.05) is 48.3 Å². The van der Waals surface area contributed by atoms with Crippen LogP contribution in [0.25, 0.3) is 0 Å². The second-order valence-electron chi connectivity index (χ2n) is 13.3. The van der Waals surface area contributed by atoms with E-state index < -0.39 is 65.4 Å². The van der Waals surface area contributed by atoms with E-state index in [2.05, 4.69) is 10.4 Å². The van der Waals surface area contributed by atoms with E-state index in [1.54, 1.807) is 78.9 Å². The lowest BCUT2D eigenvalue weighted by Crippen LogP contribution is -2.56. The van der Waals surface area contributed by atoms with Crippen molar-refractivity contribution in [3.8, 4) is 0 Å². The molecule has 4 aromatic carbocycles. The summed E-state index contributed by atoms with van der Waals surface area (Å²) < 4.78 is 21.3. The molecular formula is C43H43ClN4O9S. The van der Waals surface area contributed by atoms with Gasteiger partial charge in [-0.2, -0.15) is 10.2 Å². The number of carbonyl (C=O) groups is 5. The fourth-order valence-electron chi connectivity index (χ4n) is 6.57. The maximum atomic E-state index is 15.5. The molecule has 5 atom stereocenters. The van der Waals surface area contributed by atoms with Crippen LogP contribution in [0.15, 0.2) is 136 Å². The van der Waals surface area contributed by atoms with E-state index in [-0.39, 0.29) is 5.70 Å². The zero-order valence-corrected chi connectivity index (χ0v) is 34.1. The highest BCUT2D eigenvalue weighted by atomic mass is 35.5. The summed E-state index contributed by atoms with van der Waals surface area (Å²) in [5.41, 5.74) is 2.43. The van der Waals surface area contributed by atoms with E-state index >= 15 is 4.79 Å². The third-order valence-electron chi connectivity index (χ3n) is 8.88. The van der Waals surface area contributed by atoms with E-state index in [4.69, 9.17) is 35.7 Å². The number of amides is 1. The van der Waals surface area contributed by atoms with Crippen LogP contribution in [0.3, 0.4) is 0 Å². The molecule has 0 saturated heterocycles. The first-order valence-electron chi connectivity index (χ1n) is 18.2. The fraction of sp³-hybridized carbons (Fsp3) is 0.279. The summed E-state index contributed by atoms with van der Waals surface area (Å²) >= 11 is 7.34. The predicted octanol–water partition coefficient (Wildman–Crippen LogP) is 7.98. The summed E-state index contributed by atoms with van der Waals surface area (Å²) in [5, 5.41) is 13.4. The number of benzene rings is 4. The lowest BCUT2D eigenvalue weighted by Gasteiger charge is -2.41. The number of halogens is 1. The van der Waals surface area contributed by atoms with Crippen LogP contribution in [0.2, 0.25) is 5.02 Å². The van der Waals surface area contributed by atoms with Crippen LogP contribution >= 0.6 is 23.4 Å². The summed E-state index contributed by atoms with van der Waals surface area (Å²) in [6, 6.07) is 33.8. The monoisotopic (exact) mass is 826 g/mol. The van der Waals surface area contributed by atoms with Gasteiger partial charge in [0.05, 0.1) is 16.6 Å². The Bertz CT molecular complexity index is 2140. The average Bonchev–Trinajstić information content (AvgIpc) is 3.54. The van der Waals surface area contributed by atoms with Crippen molar-refractivity contribution in [2.75, 3.05) is 19.0 Å². The van der Waals surface area contributed by atoms with Crippen LogP contribution in [-0.2, 0) is 54.2 Å². The number of ether oxygens (including phenoxy) is 4. The lowest BCUT2D eigenvalue weighted by atomic mass is 9.76. The molecule has 0 spiro atoms. The molecule has 58 heavy (non-hydrogen) atoms. The topological polar surface area (TPSA) is 162 Å². The molecule has 1 heterocycles. The van der Waals surface area contributed by atoms with Gasteiger partial charge in [-0.05, 0) is 47.5 Å². The van der Waals surface area contributed by atoms with Crippen molar-refractivity contribution in [1.29, 1.82) is 0 Å². The number of nitrogens with one attached hydrogen (secondary N) is 1. The van der Waals surface area contributed by atoms with Crippen LogP contribution in [0.1, 0.15) is 38.8 Å². The Kier molecular flexibility index (Phi) is 14.8. The van der Waals surface area contributed by atoms with Gasteiger partial charge in [0.25, 0.3) is 0 Å². The van der Waals surface area contributed by atoms with E-state index in [0.29, 0.717) is 33.5 Å². The maximum Gasteiger partial charge on any atom is 0.303 e. The van der Waals surface area contributed by atoms with Gasteiger partial charge in [0.15, 0.2) is 18.3 Å². The molecule has 0 saturated carbocycles. The molecule has 13 nitrogen and oxygen atoms in total. The third kappa shape index (κ3) is 10.9. The van der Waals surface area contributed by atoms with Crippen LogP contribution in [0.5, 0.6) is 0 Å². The largest absolute Gasteiger partial charge is 0.462 e. The number of esters is 4. The maximum absolute atomic E-state index is 15.5. The Morgan fingerprint density at radius 3 is 1.88 bits per heavy atom. The fourth-order valence-corrected chi connectivity index (χ4v) is 8.26. The van der Waals surface area contributed by atoms with Gasteiger partial charge in [-0.3, -0.25) is 24.0 Å². The molecule has 302 valence electrons. The number of hydrogen-bond donors (Lipinski definition) is 1. The smallest absolute Gasteiger partial charge is 0.303 e. The van der Waals surface area contributed by atoms with Gasteiger partial charge in [0.2, 0.25) is 5.91 Å². The molecule has 1 aliphatic heterocycles. The van der Waals surface area contributed by atoms with Gasteiger partial charge in [0.1, 0.15) is 17.1 Å². The highest BCUT2D eigenvalue weighted by molar-refractivity contribution is 8.04. The standard InChI is InChI=1S/C43H43ClN4O9S/c1-27(49)54-26-36(55-28(2)50)39(56-29(3)51)40(57-30(4)52)37-38(47-46-35-23-21-33(44)22-24-35)41(48(5)25-31-15-9-6-10-16-31)58-43(37,32-17-11-7-12-18-32)42(53)45-34-19-13-8-14-20-34/h6-24,36-37,39-40H,25-26H2,1-5H3,(H,45,53)/t36-,37-,39-,40-,43+/m1/s1. The SMILES string of the molecule is CC(=O)OC[C@@H](OC(C)=O)[C@@H](OC(C)=O)[C@H](OC(C)=O)[C@H]1C(N=Nc2ccc(Cl)cc2)=C(N(C)Cc2ccccc2)S[C@@]1(C(=O)Nc1ccccc1)c1ccccc1. The van der Waals surface area contributed by atoms with Crippen LogP contribution in [-0.4, -0.2) is 66.7 Å². The normalized spacial score (nSPS) is 17.8. The Hall–Kier alpha value is -5.99. The number of para-hydroxylation sites is 1. The summed E-state index contributed by atoms with van der Waals surface area (Å²) in [6.45, 7) is 4.31. The molecule has 0 radical (unpaired) electrons. The Morgan fingerprint density at radius 1 is 0.741 bits per heavy atom. The first-order valence-corrected chi connectivity index (χ1v) is 19.4. The minimum atomic E-state index is -1.77. The zero-order chi connectivity index (χ0) is 41.8. The van der Waals surface area contributed by atoms with Crippen molar-refractivity contribution in [1.82, 2.24) is 4.90 Å². The molecule has 15 heteroatoms. The number of nitrogens with zero attached hydrogens (tertiary/aromatic N) is 3. The number of anilines is 1. The minimum absolute atomic E-state index is 0.169. The number of azo groups is 1. The summed E-state index contributed by atoms with van der Waals surface area (Å²) in [5.74, 6) is -5.11. The van der Waals surface area contributed by atoms with Crippen molar-refractivity contribution in [3.63, 3.8) is 0 Å². The number of hydrogen-bond acceptors (Lipinski definition) is 13. The molecule has 4 aromatic rings. The molecule has 5 rings (SSSR count). The van der Waals surface area contributed by atoms with E-state index in [1.165, 1.54) is 0 Å². The zero-order valence-electron chi connectivity index (χ0n) is 32.5. The predicted molar refractivity (Wildman–Crippen MR) is 218 cm³/mol. The molecule has 0 unspecified atom stereocenters. The molecule has 0 bridgehead atoms. The quantitative estimate of drug-likeness (QED) is 0.0662. The number of thioether (sulfide) groups is 1. The van der Waals surface area contributed by atoms with Crippen LogP contribution in [0, 0.1) is 5.92 Å². The van der Waals surface area contributed by atoms with Crippen molar-refractivity contribution in [3.05, 3.63) is 142 Å². The molecular weight excluding hydrogens is 784 g/mol. The molecule has 1 N–H and O–H groups in total. The Balaban J connectivity index is 1.87. The summed E-state index contributed by atoms with van der Waals surface area (Å²) in [6.07, 6.45) is -4.83. The molecule has 0 aromatic heterocycles. The third-order valence-corrected chi connectivity index (χ3v) is 10.8. The van der Waals surface area contributed by atoms with E-state index in [9.17, 15) is 19.2 Å². The molecule has 1 aliphatic rings. The highest BCUT2D eigenvalue weighted by Crippen LogP contribution is 2.60. The van der Waals surface area contributed by atoms with Crippen molar-refractivity contribution in [2.45, 2.75) is 57.3 Å². The van der Waals surface area contributed by atoms with Gasteiger partial charge in [-0.1, -0.05) is 102 Å². The Morgan fingerprint density at radius 2 is 1.31 bits per heavy atom. The van der Waals surface area contributed by atoms with Crippen LogP contribution < -0.4 is 5.32 Å². The second-order valence-corrected chi connectivity index (χ2v) is 15.0. The summed E-state index contributed by atoms with van der Waals surface area (Å²) in [4.78, 5) is 68.5. The number of carbonyl (C=O) groups excluding carboxylic acids is 5.